The van der Waals surface area contributed by atoms with Gasteiger partial charge >= 0.3 is 6.09 Å². The van der Waals surface area contributed by atoms with E-state index in [4.69, 9.17) is 20.3 Å². The maximum absolute atomic E-state index is 13.8. The van der Waals surface area contributed by atoms with Gasteiger partial charge in [0.25, 0.3) is 5.91 Å². The summed E-state index contributed by atoms with van der Waals surface area (Å²) in [5.74, 6) is -3.89. The summed E-state index contributed by atoms with van der Waals surface area (Å²) in [4.78, 5) is 37.6. The van der Waals surface area contributed by atoms with Crippen molar-refractivity contribution in [2.45, 2.75) is 45.6 Å². The molecule has 0 fully saturated rings. The van der Waals surface area contributed by atoms with E-state index in [1.807, 2.05) is 5.32 Å². The molecule has 10 nitrogen and oxygen atoms in total. The predicted molar refractivity (Wildman–Crippen MR) is 112 cm³/mol. The van der Waals surface area contributed by atoms with Crippen molar-refractivity contribution in [1.82, 2.24) is 10.6 Å². The van der Waals surface area contributed by atoms with Crippen LogP contribution in [-0.2, 0) is 19.1 Å². The molecule has 0 heterocycles. The predicted octanol–water partition coefficient (Wildman–Crippen LogP) is 1.19. The quantitative estimate of drug-likeness (QED) is 0.324. The number of carbonyl (C=O) groups excluding carboxylic acids is 2. The maximum atomic E-state index is 13.8. The molecule has 0 spiro atoms. The Morgan fingerprint density at radius 2 is 1.78 bits per heavy atom. The molecule has 3 amide bonds. The van der Waals surface area contributed by atoms with Crippen LogP contribution in [0.2, 0.25) is 0 Å². The van der Waals surface area contributed by atoms with Gasteiger partial charge in [-0.15, -0.1) is 0 Å². The highest BCUT2D eigenvalue weighted by Crippen LogP contribution is 2.21. The Kier molecular flexibility index (Phi) is 11.5. The molecule has 0 radical (unpaired) electrons. The highest BCUT2D eigenvalue weighted by atomic mass is 19.2. The van der Waals surface area contributed by atoms with Gasteiger partial charge in [-0.25, -0.2) is 13.6 Å². The Morgan fingerprint density at radius 1 is 1.16 bits per heavy atom. The van der Waals surface area contributed by atoms with Gasteiger partial charge in [0.15, 0.2) is 17.9 Å². The van der Waals surface area contributed by atoms with Crippen molar-refractivity contribution in [2.75, 3.05) is 31.2 Å². The van der Waals surface area contributed by atoms with Crippen LogP contribution in [0.3, 0.4) is 0 Å². The smallest absolute Gasteiger partial charge is 0.405 e. The number of carboxylic acid groups (broad SMARTS) is 1. The van der Waals surface area contributed by atoms with Crippen molar-refractivity contribution in [3.8, 4) is 0 Å². The summed E-state index contributed by atoms with van der Waals surface area (Å²) >= 11 is 0. The zero-order chi connectivity index (χ0) is 24.3. The zero-order valence-electron chi connectivity index (χ0n) is 18.3. The molecule has 2 atom stereocenters. The largest absolute Gasteiger partial charge is 0.465 e. The number of carbonyl (C=O) groups is 3. The topological polar surface area (TPSA) is 143 Å². The van der Waals surface area contributed by atoms with Crippen LogP contribution in [0.25, 0.3) is 0 Å². The number of hydrogen-bond donors (Lipinski definition) is 4. The molecule has 32 heavy (non-hydrogen) atoms. The highest BCUT2D eigenvalue weighted by molar-refractivity contribution is 6.04. The Hall–Kier alpha value is -2.83. The van der Waals surface area contributed by atoms with Crippen LogP contribution >= 0.6 is 0 Å². The van der Waals surface area contributed by atoms with Crippen molar-refractivity contribution in [3.63, 3.8) is 0 Å². The number of nitrogens with two attached hydrogens (primary N) is 1. The molecular weight excluding hydrogens is 430 g/mol. The van der Waals surface area contributed by atoms with E-state index in [2.05, 4.69) is 5.32 Å². The van der Waals surface area contributed by atoms with Crippen LogP contribution in [0.5, 0.6) is 0 Å². The molecule has 0 aromatic heterocycles. The molecule has 0 aliphatic rings. The van der Waals surface area contributed by atoms with Gasteiger partial charge in [0.1, 0.15) is 12.1 Å². The molecule has 180 valence electrons. The minimum Gasteiger partial charge on any atom is -0.465 e. The average molecular weight is 460 g/mol. The molecule has 0 aliphatic heterocycles. The Morgan fingerprint density at radius 3 is 2.28 bits per heavy atom. The number of rotatable bonds is 13. The van der Waals surface area contributed by atoms with Crippen molar-refractivity contribution in [1.29, 1.82) is 0 Å². The second-order valence-corrected chi connectivity index (χ2v) is 6.64. The van der Waals surface area contributed by atoms with Crippen LogP contribution < -0.4 is 21.3 Å². The molecule has 1 aromatic rings. The molecule has 0 saturated heterocycles. The standard InChI is InChI=1S/C20H30F2N4O6/c1-4-31-17(32-5-2)8-9-24-18(27)12(3)26(13-6-7-14(21)15(22)10-13)19(28)16(11-23)25-20(29)30/h6-7,10,12,16-17,25H,4-5,8-9,11,23H2,1-3H3,(H,24,27)(H,29,30). The van der Waals surface area contributed by atoms with Gasteiger partial charge in [-0.05, 0) is 32.9 Å². The van der Waals surface area contributed by atoms with Gasteiger partial charge in [0, 0.05) is 44.5 Å². The lowest BCUT2D eigenvalue weighted by Crippen LogP contribution is -2.57. The lowest BCUT2D eigenvalue weighted by Gasteiger charge is -2.31. The third kappa shape index (κ3) is 8.02. The van der Waals surface area contributed by atoms with E-state index in [1.165, 1.54) is 6.92 Å². The Balaban J connectivity index is 3.06. The summed E-state index contributed by atoms with van der Waals surface area (Å²) in [6.45, 7) is 5.56. The van der Waals surface area contributed by atoms with Gasteiger partial charge in [0.2, 0.25) is 5.91 Å². The van der Waals surface area contributed by atoms with E-state index in [0.29, 0.717) is 19.6 Å². The molecule has 0 aliphatic carbocycles. The number of ether oxygens (including phenoxy) is 2. The normalized spacial score (nSPS) is 12.8. The zero-order valence-corrected chi connectivity index (χ0v) is 18.3. The third-order valence-corrected chi connectivity index (χ3v) is 4.40. The van der Waals surface area contributed by atoms with Crippen LogP contribution in [-0.4, -0.2) is 67.7 Å². The van der Waals surface area contributed by atoms with Gasteiger partial charge in [0.05, 0.1) is 0 Å². The molecule has 0 saturated carbocycles. The van der Waals surface area contributed by atoms with Gasteiger partial charge in [-0.2, -0.15) is 0 Å². The SMILES string of the molecule is CCOC(CCNC(=O)C(C)N(C(=O)C(CN)NC(=O)O)c1ccc(F)c(F)c1)OCC. The molecule has 0 bridgehead atoms. The molecular formula is C20H30F2N4O6. The first-order valence-electron chi connectivity index (χ1n) is 10.1. The lowest BCUT2D eigenvalue weighted by atomic mass is 10.1. The number of amides is 3. The van der Waals surface area contributed by atoms with E-state index in [9.17, 15) is 23.2 Å². The first-order valence-corrected chi connectivity index (χ1v) is 10.1. The van der Waals surface area contributed by atoms with E-state index < -0.39 is 54.5 Å². The monoisotopic (exact) mass is 460 g/mol. The number of nitrogens with one attached hydrogen (secondary N) is 2. The third-order valence-electron chi connectivity index (χ3n) is 4.40. The molecule has 5 N–H and O–H groups in total. The van der Waals surface area contributed by atoms with Crippen LogP contribution in [0.4, 0.5) is 19.3 Å². The first kappa shape index (κ1) is 27.2. The van der Waals surface area contributed by atoms with Gasteiger partial charge < -0.3 is 30.9 Å². The molecule has 12 heteroatoms. The van der Waals surface area contributed by atoms with Crippen molar-refractivity contribution in [3.05, 3.63) is 29.8 Å². The van der Waals surface area contributed by atoms with E-state index in [-0.39, 0.29) is 12.2 Å². The van der Waals surface area contributed by atoms with Gasteiger partial charge in [-0.1, -0.05) is 0 Å². The first-order chi connectivity index (χ1) is 15.2. The summed E-state index contributed by atoms with van der Waals surface area (Å²) in [6, 6.07) is 0.0397. The number of benzene rings is 1. The van der Waals surface area contributed by atoms with Crippen LogP contribution in [0.1, 0.15) is 27.2 Å². The second-order valence-electron chi connectivity index (χ2n) is 6.64. The minimum absolute atomic E-state index is 0.135. The maximum Gasteiger partial charge on any atom is 0.405 e. The van der Waals surface area contributed by atoms with Crippen molar-refractivity contribution >= 4 is 23.6 Å². The van der Waals surface area contributed by atoms with Crippen LogP contribution in [0.15, 0.2) is 18.2 Å². The van der Waals surface area contributed by atoms with Gasteiger partial charge in [-0.3, -0.25) is 14.5 Å². The summed E-state index contributed by atoms with van der Waals surface area (Å²) in [7, 11) is 0. The fraction of sp³-hybridized carbons (Fsp3) is 0.550. The van der Waals surface area contributed by atoms with E-state index >= 15 is 0 Å². The fourth-order valence-corrected chi connectivity index (χ4v) is 2.88. The number of halogens is 2. The number of hydrogen-bond acceptors (Lipinski definition) is 6. The molecule has 1 aromatic carbocycles. The minimum atomic E-state index is -1.51. The number of anilines is 1. The summed E-state index contributed by atoms with van der Waals surface area (Å²) in [6.07, 6.45) is -1.69. The van der Waals surface area contributed by atoms with E-state index in [1.54, 1.807) is 13.8 Å². The van der Waals surface area contributed by atoms with Crippen molar-refractivity contribution in [2.24, 2.45) is 5.73 Å². The summed E-state index contributed by atoms with van der Waals surface area (Å²) in [5.41, 5.74) is 5.37. The summed E-state index contributed by atoms with van der Waals surface area (Å²) in [5, 5.41) is 13.5. The Labute approximate surface area is 185 Å². The molecule has 2 unspecified atom stereocenters. The highest BCUT2D eigenvalue weighted by Gasteiger charge is 2.33. The summed E-state index contributed by atoms with van der Waals surface area (Å²) < 4.78 is 38.0. The molecule has 1 rings (SSSR count). The van der Waals surface area contributed by atoms with E-state index in [0.717, 1.165) is 23.1 Å². The second kappa shape index (κ2) is 13.6. The fourth-order valence-electron chi connectivity index (χ4n) is 2.88. The van der Waals surface area contributed by atoms with Crippen molar-refractivity contribution < 1.29 is 37.7 Å². The Bertz CT molecular complexity index is 776. The average Bonchev–Trinajstić information content (AvgIpc) is 2.74. The van der Waals surface area contributed by atoms with Crippen LogP contribution in [0, 0.1) is 11.6 Å². The number of nitrogens with zero attached hydrogens (tertiary/aromatic N) is 1. The lowest BCUT2D eigenvalue weighted by molar-refractivity contribution is -0.140.